The molecule has 1 aliphatic heterocycles. The summed E-state index contributed by atoms with van der Waals surface area (Å²) in [5.74, 6) is -0.321. The molecule has 1 aromatic carbocycles. The van der Waals surface area contributed by atoms with Crippen molar-refractivity contribution in [2.75, 3.05) is 18.6 Å². The number of pyridine rings is 1. The van der Waals surface area contributed by atoms with E-state index < -0.39 is 5.60 Å². The Hall–Kier alpha value is -2.14. The third-order valence-corrected chi connectivity index (χ3v) is 4.38. The Balaban J connectivity index is 1.96. The molecule has 1 saturated heterocycles. The highest BCUT2D eigenvalue weighted by Crippen LogP contribution is 2.31. The quantitative estimate of drug-likeness (QED) is 0.808. The second-order valence-corrected chi connectivity index (χ2v) is 7.23. The fourth-order valence-corrected chi connectivity index (χ4v) is 3.01. The van der Waals surface area contributed by atoms with Crippen LogP contribution < -0.4 is 4.90 Å². The Kier molecular flexibility index (Phi) is 4.22. The highest BCUT2D eigenvalue weighted by Gasteiger charge is 2.35. The monoisotopic (exact) mass is 328 g/mol. The number of aromatic nitrogens is 1. The zero-order valence-electron chi connectivity index (χ0n) is 14.9. The zero-order chi connectivity index (χ0) is 17.5. The SMILES string of the molecule is CO[C@@H]1CN(c2ccc3nccc(C(=O)OC(C)(C)C)c3c2)[C@H]1C. The van der Waals surface area contributed by atoms with Crippen LogP contribution in [0, 0.1) is 0 Å². The van der Waals surface area contributed by atoms with Crippen molar-refractivity contribution in [1.29, 1.82) is 0 Å². The number of hydrogen-bond donors (Lipinski definition) is 0. The number of carbonyl (C=O) groups is 1. The van der Waals surface area contributed by atoms with Crippen LogP contribution in [0.2, 0.25) is 0 Å². The third-order valence-electron chi connectivity index (χ3n) is 4.38. The van der Waals surface area contributed by atoms with E-state index in [2.05, 4.69) is 16.8 Å². The van der Waals surface area contributed by atoms with Gasteiger partial charge in [0.05, 0.1) is 23.2 Å². The Morgan fingerprint density at radius 2 is 2.04 bits per heavy atom. The molecule has 0 spiro atoms. The Morgan fingerprint density at radius 1 is 1.29 bits per heavy atom. The number of ether oxygens (including phenoxy) is 2. The number of nitrogens with zero attached hydrogens (tertiary/aromatic N) is 2. The van der Waals surface area contributed by atoms with Crippen LogP contribution in [0.1, 0.15) is 38.1 Å². The van der Waals surface area contributed by atoms with E-state index in [1.54, 1.807) is 19.4 Å². The molecule has 128 valence electrons. The van der Waals surface area contributed by atoms with Gasteiger partial charge in [0.2, 0.25) is 0 Å². The normalized spacial score (nSPS) is 20.8. The van der Waals surface area contributed by atoms with Gasteiger partial charge in [-0.25, -0.2) is 4.79 Å². The van der Waals surface area contributed by atoms with E-state index >= 15 is 0 Å². The first kappa shape index (κ1) is 16.7. The van der Waals surface area contributed by atoms with Crippen LogP contribution in [-0.4, -0.2) is 42.4 Å². The lowest BCUT2D eigenvalue weighted by molar-refractivity contribution is 0.00717. The number of hydrogen-bond acceptors (Lipinski definition) is 5. The molecule has 0 unspecified atom stereocenters. The van der Waals surface area contributed by atoms with Crippen molar-refractivity contribution in [3.05, 3.63) is 36.0 Å². The molecule has 0 amide bonds. The summed E-state index contributed by atoms with van der Waals surface area (Å²) < 4.78 is 11.0. The first-order chi connectivity index (χ1) is 11.3. The number of rotatable bonds is 3. The lowest BCUT2D eigenvalue weighted by Crippen LogP contribution is -2.59. The van der Waals surface area contributed by atoms with E-state index in [0.717, 1.165) is 23.1 Å². The van der Waals surface area contributed by atoms with E-state index in [1.807, 2.05) is 39.0 Å². The second-order valence-electron chi connectivity index (χ2n) is 7.23. The first-order valence-corrected chi connectivity index (χ1v) is 8.22. The molecular weight excluding hydrogens is 304 g/mol. The van der Waals surface area contributed by atoms with Gasteiger partial charge in [-0.3, -0.25) is 4.98 Å². The smallest absolute Gasteiger partial charge is 0.339 e. The molecule has 0 N–H and O–H groups in total. The van der Waals surface area contributed by atoms with Gasteiger partial charge in [0.25, 0.3) is 0 Å². The van der Waals surface area contributed by atoms with Crippen molar-refractivity contribution in [2.24, 2.45) is 0 Å². The standard InChI is InChI=1S/C19H24N2O3/c1-12-17(23-5)11-21(12)13-6-7-16-15(10-13)14(8-9-20-16)18(22)24-19(2,3)4/h6-10,12,17H,11H2,1-5H3/t12-,17+/m0/s1. The highest BCUT2D eigenvalue weighted by molar-refractivity contribution is 6.04. The maximum Gasteiger partial charge on any atom is 0.339 e. The average molecular weight is 328 g/mol. The van der Waals surface area contributed by atoms with Crippen LogP contribution in [0.15, 0.2) is 30.5 Å². The molecule has 0 radical (unpaired) electrons. The molecule has 0 bridgehead atoms. The first-order valence-electron chi connectivity index (χ1n) is 8.22. The van der Waals surface area contributed by atoms with Gasteiger partial charge in [0, 0.05) is 30.9 Å². The maximum absolute atomic E-state index is 12.5. The summed E-state index contributed by atoms with van der Waals surface area (Å²) in [7, 11) is 1.74. The van der Waals surface area contributed by atoms with Crippen molar-refractivity contribution >= 4 is 22.6 Å². The molecule has 24 heavy (non-hydrogen) atoms. The minimum absolute atomic E-state index is 0.250. The van der Waals surface area contributed by atoms with Crippen LogP contribution in [0.5, 0.6) is 0 Å². The van der Waals surface area contributed by atoms with Crippen LogP contribution in [0.3, 0.4) is 0 Å². The third kappa shape index (κ3) is 3.08. The molecular formula is C19H24N2O3. The van der Waals surface area contributed by atoms with E-state index in [1.165, 1.54) is 0 Å². The summed E-state index contributed by atoms with van der Waals surface area (Å²) >= 11 is 0. The van der Waals surface area contributed by atoms with Gasteiger partial charge in [-0.15, -0.1) is 0 Å². The number of carbonyl (C=O) groups excluding carboxylic acids is 1. The van der Waals surface area contributed by atoms with Gasteiger partial charge < -0.3 is 14.4 Å². The Labute approximate surface area is 142 Å². The molecule has 2 aromatic rings. The molecule has 0 saturated carbocycles. The molecule has 3 rings (SSSR count). The van der Waals surface area contributed by atoms with E-state index in [9.17, 15) is 4.79 Å². The van der Waals surface area contributed by atoms with E-state index in [-0.39, 0.29) is 12.1 Å². The molecule has 2 heterocycles. The number of benzene rings is 1. The van der Waals surface area contributed by atoms with Gasteiger partial charge in [0.1, 0.15) is 5.60 Å². The predicted octanol–water partition coefficient (Wildman–Crippen LogP) is 3.41. The van der Waals surface area contributed by atoms with Crippen LogP contribution in [0.4, 0.5) is 5.69 Å². The summed E-state index contributed by atoms with van der Waals surface area (Å²) in [5.41, 5.74) is 1.88. The summed E-state index contributed by atoms with van der Waals surface area (Å²) in [6.45, 7) is 8.59. The van der Waals surface area contributed by atoms with Crippen LogP contribution in [-0.2, 0) is 9.47 Å². The molecule has 2 atom stereocenters. The Bertz CT molecular complexity index is 767. The summed E-state index contributed by atoms with van der Waals surface area (Å²) in [6, 6.07) is 8.04. The lowest BCUT2D eigenvalue weighted by atomic mass is 9.98. The van der Waals surface area contributed by atoms with Crippen LogP contribution in [0.25, 0.3) is 10.9 Å². The van der Waals surface area contributed by atoms with Crippen LogP contribution >= 0.6 is 0 Å². The summed E-state index contributed by atoms with van der Waals surface area (Å²) in [6.07, 6.45) is 1.90. The summed E-state index contributed by atoms with van der Waals surface area (Å²) in [4.78, 5) is 19.1. The number of fused-ring (bicyclic) bond motifs is 1. The predicted molar refractivity (Wildman–Crippen MR) is 94.5 cm³/mol. The molecule has 1 aromatic heterocycles. The fourth-order valence-electron chi connectivity index (χ4n) is 3.01. The molecule has 1 fully saturated rings. The van der Waals surface area contributed by atoms with Gasteiger partial charge in [-0.1, -0.05) is 0 Å². The van der Waals surface area contributed by atoms with Crippen molar-refractivity contribution < 1.29 is 14.3 Å². The second kappa shape index (κ2) is 6.06. The highest BCUT2D eigenvalue weighted by atomic mass is 16.6. The van der Waals surface area contributed by atoms with Gasteiger partial charge >= 0.3 is 5.97 Å². The number of anilines is 1. The minimum atomic E-state index is -0.526. The molecule has 5 nitrogen and oxygen atoms in total. The lowest BCUT2D eigenvalue weighted by Gasteiger charge is -2.47. The fraction of sp³-hybridized carbons (Fsp3) is 0.474. The Morgan fingerprint density at radius 3 is 2.67 bits per heavy atom. The average Bonchev–Trinajstić information content (AvgIpc) is 2.51. The van der Waals surface area contributed by atoms with Gasteiger partial charge in [-0.05, 0) is 52.0 Å². The molecule has 5 heteroatoms. The summed E-state index contributed by atoms with van der Waals surface area (Å²) in [5, 5.41) is 0.817. The van der Waals surface area contributed by atoms with Gasteiger partial charge in [-0.2, -0.15) is 0 Å². The maximum atomic E-state index is 12.5. The van der Waals surface area contributed by atoms with E-state index in [0.29, 0.717) is 11.6 Å². The topological polar surface area (TPSA) is 51.7 Å². The van der Waals surface area contributed by atoms with Crippen molar-refractivity contribution in [3.63, 3.8) is 0 Å². The van der Waals surface area contributed by atoms with Crippen molar-refractivity contribution in [1.82, 2.24) is 4.98 Å². The van der Waals surface area contributed by atoms with Crippen molar-refractivity contribution in [2.45, 2.75) is 45.4 Å². The largest absolute Gasteiger partial charge is 0.456 e. The minimum Gasteiger partial charge on any atom is -0.456 e. The zero-order valence-corrected chi connectivity index (χ0v) is 14.9. The van der Waals surface area contributed by atoms with E-state index in [4.69, 9.17) is 9.47 Å². The molecule has 0 aliphatic carbocycles. The number of methoxy groups -OCH3 is 1. The van der Waals surface area contributed by atoms with Gasteiger partial charge in [0.15, 0.2) is 0 Å². The molecule has 1 aliphatic rings. The number of esters is 1. The van der Waals surface area contributed by atoms with Crippen molar-refractivity contribution in [3.8, 4) is 0 Å².